The van der Waals surface area contributed by atoms with Crippen LogP contribution in [0.4, 0.5) is 0 Å². The molecule has 0 radical (unpaired) electrons. The zero-order valence-corrected chi connectivity index (χ0v) is 11.4. The van der Waals surface area contributed by atoms with Gasteiger partial charge in [-0.15, -0.1) is 0 Å². The summed E-state index contributed by atoms with van der Waals surface area (Å²) in [7, 11) is -2.93. The number of imidazole rings is 1. The lowest BCUT2D eigenvalue weighted by molar-refractivity contribution is 0.448. The second-order valence-corrected chi connectivity index (χ2v) is 6.60. The number of hydrogen-bond donors (Lipinski definition) is 2. The first-order chi connectivity index (χ1) is 7.98. The first-order valence-corrected chi connectivity index (χ1v) is 7.76. The number of hydrogen-bond acceptors (Lipinski definition) is 4. The third-order valence-electron chi connectivity index (χ3n) is 2.69. The number of aromatic amines is 1. The number of rotatable bonds is 7. The molecule has 0 aliphatic heterocycles. The van der Waals surface area contributed by atoms with Crippen LogP contribution in [0.3, 0.4) is 0 Å². The van der Waals surface area contributed by atoms with E-state index in [2.05, 4.69) is 15.3 Å². The van der Waals surface area contributed by atoms with Gasteiger partial charge in [0.05, 0.1) is 11.8 Å². The van der Waals surface area contributed by atoms with Crippen LogP contribution in [0.25, 0.3) is 0 Å². The minimum atomic E-state index is -2.93. The van der Waals surface area contributed by atoms with E-state index in [1.54, 1.807) is 19.3 Å². The Hall–Kier alpha value is -0.880. The lowest BCUT2D eigenvalue weighted by atomic mass is 10.2. The zero-order chi connectivity index (χ0) is 12.9. The predicted octanol–water partition coefficient (Wildman–Crippen LogP) is 1.27. The molecule has 0 aliphatic carbocycles. The molecular weight excluding hydrogens is 238 g/mol. The summed E-state index contributed by atoms with van der Waals surface area (Å²) < 4.78 is 23.0. The van der Waals surface area contributed by atoms with Gasteiger partial charge in [0.25, 0.3) is 0 Å². The lowest BCUT2D eigenvalue weighted by Crippen LogP contribution is -2.36. The van der Waals surface area contributed by atoms with Gasteiger partial charge in [0, 0.05) is 24.2 Å². The fraction of sp³-hybridized carbons (Fsp3) is 0.727. The summed E-state index contributed by atoms with van der Waals surface area (Å²) in [5.74, 6) is 1.21. The van der Waals surface area contributed by atoms with Gasteiger partial charge in [-0.3, -0.25) is 0 Å². The molecule has 0 aromatic carbocycles. The van der Waals surface area contributed by atoms with Crippen molar-refractivity contribution in [3.05, 3.63) is 18.2 Å². The van der Waals surface area contributed by atoms with E-state index in [1.807, 2.05) is 13.8 Å². The SMILES string of the molecule is CCC(NC(C)CS(=O)(=O)CC)c1ncc[nH]1. The van der Waals surface area contributed by atoms with E-state index in [9.17, 15) is 8.42 Å². The van der Waals surface area contributed by atoms with Crippen molar-refractivity contribution < 1.29 is 8.42 Å². The molecule has 98 valence electrons. The largest absolute Gasteiger partial charge is 0.347 e. The van der Waals surface area contributed by atoms with Crippen molar-refractivity contribution in [2.24, 2.45) is 0 Å². The average molecular weight is 259 g/mol. The molecule has 0 saturated carbocycles. The summed E-state index contributed by atoms with van der Waals surface area (Å²) in [6.45, 7) is 5.60. The molecule has 1 aromatic heterocycles. The third-order valence-corrected chi connectivity index (χ3v) is 4.57. The molecule has 2 atom stereocenters. The van der Waals surface area contributed by atoms with Gasteiger partial charge < -0.3 is 10.3 Å². The molecule has 2 N–H and O–H groups in total. The normalized spacial score (nSPS) is 15.7. The first kappa shape index (κ1) is 14.2. The Balaban J connectivity index is 2.58. The molecule has 1 aromatic rings. The smallest absolute Gasteiger partial charge is 0.151 e. The Morgan fingerprint density at radius 2 is 2.18 bits per heavy atom. The predicted molar refractivity (Wildman–Crippen MR) is 68.5 cm³/mol. The highest BCUT2D eigenvalue weighted by Crippen LogP contribution is 2.12. The first-order valence-electron chi connectivity index (χ1n) is 5.94. The van der Waals surface area contributed by atoms with Crippen LogP contribution in [0.1, 0.15) is 39.1 Å². The number of nitrogens with one attached hydrogen (secondary N) is 2. The zero-order valence-electron chi connectivity index (χ0n) is 10.6. The average Bonchev–Trinajstić information content (AvgIpc) is 2.78. The van der Waals surface area contributed by atoms with E-state index < -0.39 is 9.84 Å². The van der Waals surface area contributed by atoms with E-state index >= 15 is 0 Å². The van der Waals surface area contributed by atoms with E-state index in [0.717, 1.165) is 12.2 Å². The number of sulfone groups is 1. The maximum atomic E-state index is 11.5. The molecule has 6 heteroatoms. The van der Waals surface area contributed by atoms with E-state index in [-0.39, 0.29) is 23.6 Å². The van der Waals surface area contributed by atoms with Crippen molar-refractivity contribution in [2.75, 3.05) is 11.5 Å². The van der Waals surface area contributed by atoms with Gasteiger partial charge >= 0.3 is 0 Å². The van der Waals surface area contributed by atoms with Crippen LogP contribution in [0.15, 0.2) is 12.4 Å². The molecular formula is C11H21N3O2S. The van der Waals surface area contributed by atoms with Crippen LogP contribution >= 0.6 is 0 Å². The van der Waals surface area contributed by atoms with Crippen molar-refractivity contribution in [1.29, 1.82) is 0 Å². The Morgan fingerprint density at radius 1 is 1.47 bits per heavy atom. The fourth-order valence-corrected chi connectivity index (χ4v) is 2.84. The molecule has 0 bridgehead atoms. The molecule has 0 aliphatic rings. The third kappa shape index (κ3) is 4.47. The van der Waals surface area contributed by atoms with Gasteiger partial charge in [-0.05, 0) is 13.3 Å². The summed E-state index contributed by atoms with van der Waals surface area (Å²) in [5, 5.41) is 3.29. The molecule has 1 rings (SSSR count). The quantitative estimate of drug-likeness (QED) is 0.773. The van der Waals surface area contributed by atoms with Crippen LogP contribution < -0.4 is 5.32 Å². The van der Waals surface area contributed by atoms with Crippen molar-refractivity contribution in [1.82, 2.24) is 15.3 Å². The summed E-state index contributed by atoms with van der Waals surface area (Å²) >= 11 is 0. The van der Waals surface area contributed by atoms with E-state index in [4.69, 9.17) is 0 Å². The maximum Gasteiger partial charge on any atom is 0.151 e. The second kappa shape index (κ2) is 6.16. The van der Waals surface area contributed by atoms with Gasteiger partial charge in [-0.25, -0.2) is 13.4 Å². The summed E-state index contributed by atoms with van der Waals surface area (Å²) in [4.78, 5) is 7.24. The molecule has 1 heterocycles. The van der Waals surface area contributed by atoms with Gasteiger partial charge in [0.1, 0.15) is 5.82 Å². The number of nitrogens with zero attached hydrogens (tertiary/aromatic N) is 1. The van der Waals surface area contributed by atoms with E-state index in [0.29, 0.717) is 0 Å². The van der Waals surface area contributed by atoms with Crippen molar-refractivity contribution in [2.45, 2.75) is 39.3 Å². The molecule has 0 saturated heterocycles. The summed E-state index contributed by atoms with van der Waals surface area (Å²) in [5.41, 5.74) is 0. The highest BCUT2D eigenvalue weighted by atomic mass is 32.2. The Labute approximate surface area is 103 Å². The molecule has 0 spiro atoms. The molecule has 2 unspecified atom stereocenters. The van der Waals surface area contributed by atoms with Crippen LogP contribution in [0.2, 0.25) is 0 Å². The highest BCUT2D eigenvalue weighted by Gasteiger charge is 2.18. The second-order valence-electron chi connectivity index (χ2n) is 4.20. The lowest BCUT2D eigenvalue weighted by Gasteiger charge is -2.20. The minimum absolute atomic E-state index is 0.0741. The standard InChI is InChI=1S/C11H21N3O2S/c1-4-10(11-12-6-7-13-11)14-9(3)8-17(15,16)5-2/h6-7,9-10,14H,4-5,8H2,1-3H3,(H,12,13). The van der Waals surface area contributed by atoms with Crippen molar-refractivity contribution >= 4 is 9.84 Å². The Morgan fingerprint density at radius 3 is 2.65 bits per heavy atom. The van der Waals surface area contributed by atoms with Gasteiger partial charge in [0.2, 0.25) is 0 Å². The van der Waals surface area contributed by atoms with Crippen LogP contribution in [0, 0.1) is 0 Å². The summed E-state index contributed by atoms with van der Waals surface area (Å²) in [6.07, 6.45) is 4.34. The molecule has 0 fully saturated rings. The Kier molecular flexibility index (Phi) is 5.14. The van der Waals surface area contributed by atoms with Gasteiger partial charge in [-0.1, -0.05) is 13.8 Å². The van der Waals surface area contributed by atoms with Crippen LogP contribution in [0.5, 0.6) is 0 Å². The van der Waals surface area contributed by atoms with Crippen molar-refractivity contribution in [3.8, 4) is 0 Å². The van der Waals surface area contributed by atoms with E-state index in [1.165, 1.54) is 0 Å². The van der Waals surface area contributed by atoms with Crippen LogP contribution in [-0.4, -0.2) is 35.9 Å². The van der Waals surface area contributed by atoms with Gasteiger partial charge in [0.15, 0.2) is 9.84 Å². The topological polar surface area (TPSA) is 74.8 Å². The Bertz CT molecular complexity index is 414. The molecule has 17 heavy (non-hydrogen) atoms. The molecule has 0 amide bonds. The monoisotopic (exact) mass is 259 g/mol. The fourth-order valence-electron chi connectivity index (χ4n) is 1.75. The summed E-state index contributed by atoms with van der Waals surface area (Å²) in [6, 6.07) is 0.00190. The highest BCUT2D eigenvalue weighted by molar-refractivity contribution is 7.91. The maximum absolute atomic E-state index is 11.5. The number of aromatic nitrogens is 2. The minimum Gasteiger partial charge on any atom is -0.347 e. The number of H-pyrrole nitrogens is 1. The van der Waals surface area contributed by atoms with Gasteiger partial charge in [-0.2, -0.15) is 0 Å². The van der Waals surface area contributed by atoms with Crippen molar-refractivity contribution in [3.63, 3.8) is 0 Å². The van der Waals surface area contributed by atoms with Crippen LogP contribution in [-0.2, 0) is 9.84 Å². The molecule has 5 nitrogen and oxygen atoms in total.